The number of fused-ring (bicyclic) bond motifs is 1. The maximum Gasteiger partial charge on any atom is 0.416 e. The summed E-state index contributed by atoms with van der Waals surface area (Å²) in [5.74, 6) is -0.541. The molecule has 7 nitrogen and oxygen atoms in total. The molecule has 0 saturated heterocycles. The molecule has 0 spiro atoms. The number of rotatable bonds is 5. The molecule has 1 aromatic heterocycles. The van der Waals surface area contributed by atoms with Gasteiger partial charge in [-0.3, -0.25) is 14.3 Å². The highest BCUT2D eigenvalue weighted by Crippen LogP contribution is 2.31. The van der Waals surface area contributed by atoms with Crippen LogP contribution in [0.3, 0.4) is 0 Å². The van der Waals surface area contributed by atoms with Crippen molar-refractivity contribution in [2.24, 2.45) is 0 Å². The molecule has 1 amide bonds. The minimum absolute atomic E-state index is 0.00373. The lowest BCUT2D eigenvalue weighted by Gasteiger charge is -2.13. The highest BCUT2D eigenvalue weighted by atomic mass is 32.2. The number of aromatic nitrogens is 1. The predicted octanol–water partition coefficient (Wildman–Crippen LogP) is 4.02. The van der Waals surface area contributed by atoms with Crippen molar-refractivity contribution >= 4 is 32.5 Å². The van der Waals surface area contributed by atoms with Crippen molar-refractivity contribution in [1.82, 2.24) is 10.3 Å². The number of hydrogen-bond acceptors (Lipinski definition) is 4. The summed E-state index contributed by atoms with van der Waals surface area (Å²) in [7, 11) is -4.31. The molecule has 33 heavy (non-hydrogen) atoms. The quantitative estimate of drug-likeness (QED) is 0.514. The molecule has 1 saturated carbocycles. The van der Waals surface area contributed by atoms with E-state index in [4.69, 9.17) is 0 Å². The molecule has 11 heteroatoms. The third-order valence-electron chi connectivity index (χ3n) is 5.54. The van der Waals surface area contributed by atoms with E-state index in [9.17, 15) is 31.2 Å². The summed E-state index contributed by atoms with van der Waals surface area (Å²) < 4.78 is 66.4. The maximum atomic E-state index is 12.9. The Hall–Kier alpha value is -3.34. The summed E-state index contributed by atoms with van der Waals surface area (Å²) in [4.78, 5) is 28.0. The van der Waals surface area contributed by atoms with Gasteiger partial charge < -0.3 is 10.3 Å². The van der Waals surface area contributed by atoms with Crippen LogP contribution in [0.5, 0.6) is 0 Å². The molecule has 0 unspecified atom stereocenters. The highest BCUT2D eigenvalue weighted by molar-refractivity contribution is 7.92. The van der Waals surface area contributed by atoms with Crippen molar-refractivity contribution in [3.8, 4) is 0 Å². The van der Waals surface area contributed by atoms with Gasteiger partial charge in [-0.2, -0.15) is 13.2 Å². The molecule has 174 valence electrons. The Kier molecular flexibility index (Phi) is 5.91. The van der Waals surface area contributed by atoms with Crippen molar-refractivity contribution in [3.63, 3.8) is 0 Å². The Balaban J connectivity index is 1.66. The Labute approximate surface area is 187 Å². The first-order chi connectivity index (χ1) is 15.5. The predicted molar refractivity (Wildman–Crippen MR) is 117 cm³/mol. The SMILES string of the molecule is O=C(NC1CCCC1)c1c[nH]c2ccc(S(=O)(=O)Nc3cccc(C(F)(F)F)c3)cc2c1=O. The van der Waals surface area contributed by atoms with Gasteiger partial charge in [0.2, 0.25) is 5.43 Å². The fourth-order valence-electron chi connectivity index (χ4n) is 3.84. The van der Waals surface area contributed by atoms with Crippen LogP contribution in [-0.2, 0) is 16.2 Å². The number of halogens is 3. The Morgan fingerprint density at radius 2 is 1.79 bits per heavy atom. The lowest BCUT2D eigenvalue weighted by Crippen LogP contribution is -2.35. The van der Waals surface area contributed by atoms with Gasteiger partial charge in [0.15, 0.2) is 0 Å². The van der Waals surface area contributed by atoms with Gasteiger partial charge in [0.1, 0.15) is 5.56 Å². The van der Waals surface area contributed by atoms with Crippen LogP contribution in [0.25, 0.3) is 10.9 Å². The second-order valence-electron chi connectivity index (χ2n) is 7.88. The summed E-state index contributed by atoms with van der Waals surface area (Å²) in [6, 6.07) is 7.44. The second-order valence-corrected chi connectivity index (χ2v) is 9.56. The zero-order chi connectivity index (χ0) is 23.8. The van der Waals surface area contributed by atoms with Crippen LogP contribution in [0.4, 0.5) is 18.9 Å². The third kappa shape index (κ3) is 4.87. The summed E-state index contributed by atoms with van der Waals surface area (Å²) in [6.07, 6.45) is 0.317. The second kappa shape index (κ2) is 8.54. The Morgan fingerprint density at radius 3 is 2.48 bits per heavy atom. The topological polar surface area (TPSA) is 108 Å². The van der Waals surface area contributed by atoms with Crippen LogP contribution in [-0.4, -0.2) is 25.4 Å². The number of nitrogens with one attached hydrogen (secondary N) is 3. The van der Waals surface area contributed by atoms with Gasteiger partial charge in [-0.05, 0) is 49.2 Å². The largest absolute Gasteiger partial charge is 0.416 e. The maximum absolute atomic E-state index is 12.9. The third-order valence-corrected chi connectivity index (χ3v) is 6.92. The van der Waals surface area contributed by atoms with Crippen LogP contribution in [0.15, 0.2) is 58.4 Å². The minimum atomic E-state index is -4.63. The van der Waals surface area contributed by atoms with Gasteiger partial charge in [0, 0.05) is 28.8 Å². The van der Waals surface area contributed by atoms with E-state index in [1.54, 1.807) is 0 Å². The van der Waals surface area contributed by atoms with Gasteiger partial charge in [-0.15, -0.1) is 0 Å². The first kappa shape index (κ1) is 22.8. The van der Waals surface area contributed by atoms with E-state index in [-0.39, 0.29) is 27.6 Å². The number of alkyl halides is 3. The highest BCUT2D eigenvalue weighted by Gasteiger charge is 2.31. The number of sulfonamides is 1. The van der Waals surface area contributed by atoms with Gasteiger partial charge in [-0.25, -0.2) is 8.42 Å². The number of aromatic amines is 1. The molecule has 3 aromatic rings. The Bertz CT molecular complexity index is 1380. The van der Waals surface area contributed by atoms with Gasteiger partial charge >= 0.3 is 6.18 Å². The number of pyridine rings is 1. The van der Waals surface area contributed by atoms with Crippen molar-refractivity contribution in [3.05, 3.63) is 70.0 Å². The van der Waals surface area contributed by atoms with E-state index < -0.39 is 33.1 Å². The smallest absolute Gasteiger partial charge is 0.360 e. The first-order valence-corrected chi connectivity index (χ1v) is 11.7. The van der Waals surface area contributed by atoms with Crippen molar-refractivity contribution in [2.45, 2.75) is 42.8 Å². The van der Waals surface area contributed by atoms with Crippen LogP contribution >= 0.6 is 0 Å². The minimum Gasteiger partial charge on any atom is -0.360 e. The van der Waals surface area contributed by atoms with E-state index in [2.05, 4.69) is 15.0 Å². The van der Waals surface area contributed by atoms with Gasteiger partial charge in [0.05, 0.1) is 10.5 Å². The molecule has 0 radical (unpaired) electrons. The number of amides is 1. The van der Waals surface area contributed by atoms with E-state index in [1.165, 1.54) is 24.4 Å². The number of anilines is 1. The fraction of sp³-hybridized carbons (Fsp3) is 0.273. The average Bonchev–Trinajstić information content (AvgIpc) is 3.26. The molecule has 1 heterocycles. The van der Waals surface area contributed by atoms with E-state index in [1.807, 2.05) is 0 Å². The van der Waals surface area contributed by atoms with Crippen LogP contribution in [0.2, 0.25) is 0 Å². The summed E-state index contributed by atoms with van der Waals surface area (Å²) in [5, 5.41) is 2.79. The number of carbonyl (C=O) groups excluding carboxylic acids is 1. The molecule has 0 bridgehead atoms. The Morgan fingerprint density at radius 1 is 1.06 bits per heavy atom. The normalized spacial score (nSPS) is 15.0. The van der Waals surface area contributed by atoms with Crippen LogP contribution < -0.4 is 15.5 Å². The molecule has 1 aliphatic rings. The van der Waals surface area contributed by atoms with Crippen molar-refractivity contribution in [2.75, 3.05) is 4.72 Å². The lowest BCUT2D eigenvalue weighted by atomic mass is 10.1. The standard InChI is InChI=1S/C22H20F3N3O4S/c23-22(24,25)13-4-3-7-15(10-13)28-33(31,32)16-8-9-19-17(11-16)20(29)18(12-26-19)21(30)27-14-5-1-2-6-14/h3-4,7-12,14,28H,1-2,5-6H2,(H,26,29)(H,27,30). The molecule has 2 aromatic carbocycles. The van der Waals surface area contributed by atoms with Crippen molar-refractivity contribution in [1.29, 1.82) is 0 Å². The average molecular weight is 479 g/mol. The van der Waals surface area contributed by atoms with Crippen LogP contribution in [0, 0.1) is 0 Å². The molecular weight excluding hydrogens is 459 g/mol. The molecule has 1 aliphatic carbocycles. The molecule has 1 fully saturated rings. The molecule has 4 rings (SSSR count). The molecule has 3 N–H and O–H groups in total. The summed E-state index contributed by atoms with van der Waals surface area (Å²) in [5.41, 5.74) is -1.75. The summed E-state index contributed by atoms with van der Waals surface area (Å²) >= 11 is 0. The van der Waals surface area contributed by atoms with E-state index in [0.717, 1.165) is 43.9 Å². The number of hydrogen-bond donors (Lipinski definition) is 3. The number of carbonyl (C=O) groups is 1. The zero-order valence-corrected chi connectivity index (χ0v) is 18.0. The van der Waals surface area contributed by atoms with Crippen LogP contribution in [0.1, 0.15) is 41.6 Å². The van der Waals surface area contributed by atoms with E-state index >= 15 is 0 Å². The van der Waals surface area contributed by atoms with Gasteiger partial charge in [0.25, 0.3) is 15.9 Å². The fourth-order valence-corrected chi connectivity index (χ4v) is 4.92. The number of benzene rings is 2. The number of H-pyrrole nitrogens is 1. The van der Waals surface area contributed by atoms with Crippen molar-refractivity contribution < 1.29 is 26.4 Å². The van der Waals surface area contributed by atoms with E-state index in [0.29, 0.717) is 11.6 Å². The summed E-state index contributed by atoms with van der Waals surface area (Å²) in [6.45, 7) is 0. The monoisotopic (exact) mass is 479 g/mol. The molecule has 0 atom stereocenters. The first-order valence-electron chi connectivity index (χ1n) is 10.2. The van der Waals surface area contributed by atoms with Gasteiger partial charge in [-0.1, -0.05) is 18.9 Å². The molecule has 0 aliphatic heterocycles. The zero-order valence-electron chi connectivity index (χ0n) is 17.2. The lowest BCUT2D eigenvalue weighted by molar-refractivity contribution is -0.137. The molecular formula is C22H20F3N3O4S.